The van der Waals surface area contributed by atoms with Gasteiger partial charge in [0.05, 0.1) is 12.8 Å². The van der Waals surface area contributed by atoms with Crippen molar-refractivity contribution in [1.29, 1.82) is 0 Å². The molecule has 0 unspecified atom stereocenters. The Kier molecular flexibility index (Phi) is 3.94. The number of rotatable bonds is 3. The minimum absolute atomic E-state index is 0.0878. The molecule has 2 aromatic carbocycles. The first-order valence-corrected chi connectivity index (χ1v) is 6.02. The Labute approximate surface area is 113 Å². The largest absolute Gasteiger partial charge is 0.506 e. The fraction of sp³-hybridized carbons (Fsp3) is 0.0769. The van der Waals surface area contributed by atoms with E-state index in [0.29, 0.717) is 17.1 Å². The van der Waals surface area contributed by atoms with Gasteiger partial charge in [0.15, 0.2) is 0 Å². The molecule has 0 radical (unpaired) electrons. The quantitative estimate of drug-likeness (QED) is 0.844. The van der Waals surface area contributed by atoms with Gasteiger partial charge in [0.25, 0.3) is 0 Å². The van der Waals surface area contributed by atoms with Crippen LogP contribution in [0.3, 0.4) is 0 Å². The van der Waals surface area contributed by atoms with E-state index >= 15 is 0 Å². The molecule has 0 bridgehead atoms. The summed E-state index contributed by atoms with van der Waals surface area (Å²) in [4.78, 5) is 0. The van der Waals surface area contributed by atoms with Crippen molar-refractivity contribution in [1.82, 2.24) is 0 Å². The van der Waals surface area contributed by atoms with Crippen molar-refractivity contribution in [3.8, 4) is 11.5 Å². The van der Waals surface area contributed by atoms with Gasteiger partial charge >= 0.3 is 0 Å². The second-order valence-corrected chi connectivity index (χ2v) is 4.45. The van der Waals surface area contributed by atoms with E-state index in [0.717, 1.165) is 4.47 Å². The van der Waals surface area contributed by atoms with Crippen LogP contribution >= 0.6 is 15.9 Å². The fourth-order valence-corrected chi connectivity index (χ4v) is 1.71. The van der Waals surface area contributed by atoms with Gasteiger partial charge in [0.2, 0.25) is 0 Å². The van der Waals surface area contributed by atoms with Crippen LogP contribution in [0.5, 0.6) is 11.5 Å². The summed E-state index contributed by atoms with van der Waals surface area (Å²) in [5.41, 5.74) is 1.07. The van der Waals surface area contributed by atoms with E-state index in [9.17, 15) is 5.11 Å². The van der Waals surface area contributed by atoms with Crippen molar-refractivity contribution < 1.29 is 9.84 Å². The van der Waals surface area contributed by atoms with Gasteiger partial charge in [-0.25, -0.2) is 0 Å². The van der Waals surface area contributed by atoms with Crippen LogP contribution in [0.25, 0.3) is 0 Å². The zero-order chi connectivity index (χ0) is 13.0. The highest BCUT2D eigenvalue weighted by Crippen LogP contribution is 2.31. The summed E-state index contributed by atoms with van der Waals surface area (Å²) in [7, 11) is 1.59. The molecule has 0 aliphatic heterocycles. The van der Waals surface area contributed by atoms with Crippen LogP contribution in [0.15, 0.2) is 57.2 Å². The Morgan fingerprint density at radius 1 is 1.11 bits per heavy atom. The van der Waals surface area contributed by atoms with Crippen LogP contribution in [0.2, 0.25) is 0 Å². The van der Waals surface area contributed by atoms with Crippen LogP contribution < -0.4 is 4.74 Å². The lowest BCUT2D eigenvalue weighted by Gasteiger charge is -2.00. The minimum atomic E-state index is 0.0878. The van der Waals surface area contributed by atoms with Crippen LogP contribution in [0, 0.1) is 0 Å². The van der Waals surface area contributed by atoms with Gasteiger partial charge in [-0.2, -0.15) is 5.11 Å². The number of phenolic OH excluding ortho intramolecular Hbond substituents is 1. The number of nitrogens with zero attached hydrogens (tertiary/aromatic N) is 2. The Morgan fingerprint density at radius 2 is 1.94 bits per heavy atom. The highest BCUT2D eigenvalue weighted by Gasteiger charge is 2.00. The molecule has 0 aliphatic rings. The molecule has 0 fully saturated rings. The van der Waals surface area contributed by atoms with E-state index in [1.807, 2.05) is 12.1 Å². The number of azo groups is 1. The third-order valence-electron chi connectivity index (χ3n) is 2.26. The van der Waals surface area contributed by atoms with E-state index in [4.69, 9.17) is 4.74 Å². The minimum Gasteiger partial charge on any atom is -0.506 e. The summed E-state index contributed by atoms with van der Waals surface area (Å²) in [6.07, 6.45) is 0. The second-order valence-electron chi connectivity index (χ2n) is 3.53. The lowest BCUT2D eigenvalue weighted by Crippen LogP contribution is -1.79. The third kappa shape index (κ3) is 3.07. The Balaban J connectivity index is 2.26. The average Bonchev–Trinajstić information content (AvgIpc) is 2.40. The highest BCUT2D eigenvalue weighted by atomic mass is 79.9. The number of hydrogen-bond donors (Lipinski definition) is 1. The first-order valence-electron chi connectivity index (χ1n) is 5.23. The van der Waals surface area contributed by atoms with Crippen molar-refractivity contribution in [2.24, 2.45) is 10.2 Å². The molecule has 5 heteroatoms. The van der Waals surface area contributed by atoms with E-state index in [1.54, 1.807) is 37.4 Å². The number of benzene rings is 2. The molecule has 1 N–H and O–H groups in total. The predicted molar refractivity (Wildman–Crippen MR) is 73.0 cm³/mol. The zero-order valence-electron chi connectivity index (χ0n) is 9.67. The van der Waals surface area contributed by atoms with E-state index in [-0.39, 0.29) is 5.75 Å². The predicted octanol–water partition coefficient (Wildman–Crippen LogP) is 4.58. The molecule has 0 spiro atoms. The van der Waals surface area contributed by atoms with Crippen LogP contribution in [0.1, 0.15) is 0 Å². The van der Waals surface area contributed by atoms with Gasteiger partial charge < -0.3 is 9.84 Å². The molecule has 0 amide bonds. The van der Waals surface area contributed by atoms with Crippen molar-refractivity contribution in [2.45, 2.75) is 0 Å². The number of halogens is 1. The molecule has 0 saturated heterocycles. The second kappa shape index (κ2) is 5.64. The van der Waals surface area contributed by atoms with E-state index in [1.165, 1.54) is 0 Å². The maximum atomic E-state index is 9.61. The summed E-state index contributed by atoms with van der Waals surface area (Å²) >= 11 is 3.31. The summed E-state index contributed by atoms with van der Waals surface area (Å²) < 4.78 is 5.92. The van der Waals surface area contributed by atoms with Gasteiger partial charge in [-0.05, 0) is 30.3 Å². The normalized spacial score (nSPS) is 10.8. The molecule has 0 aromatic heterocycles. The molecular weight excluding hydrogens is 296 g/mol. The molecule has 2 aromatic rings. The molecule has 92 valence electrons. The monoisotopic (exact) mass is 306 g/mol. The van der Waals surface area contributed by atoms with Crippen molar-refractivity contribution in [3.05, 3.63) is 46.9 Å². The molecule has 0 heterocycles. The molecule has 2 rings (SSSR count). The maximum absolute atomic E-state index is 9.61. The van der Waals surface area contributed by atoms with Crippen molar-refractivity contribution in [2.75, 3.05) is 7.11 Å². The zero-order valence-corrected chi connectivity index (χ0v) is 11.3. The standard InChI is InChI=1S/C13H11BrN2O2/c1-18-11-4-2-3-10(8-11)15-16-12-7-9(14)5-6-13(12)17/h2-8,17H,1H3. The van der Waals surface area contributed by atoms with Crippen LogP contribution in [0.4, 0.5) is 11.4 Å². The molecule has 18 heavy (non-hydrogen) atoms. The first-order chi connectivity index (χ1) is 8.69. The van der Waals surface area contributed by atoms with Crippen LogP contribution in [-0.2, 0) is 0 Å². The lowest BCUT2D eigenvalue weighted by molar-refractivity contribution is 0.415. The van der Waals surface area contributed by atoms with Crippen molar-refractivity contribution in [3.63, 3.8) is 0 Å². The molecule has 0 saturated carbocycles. The molecular formula is C13H11BrN2O2. The molecule has 0 atom stereocenters. The summed E-state index contributed by atoms with van der Waals surface area (Å²) in [5, 5.41) is 17.7. The van der Waals surface area contributed by atoms with Gasteiger partial charge in [0.1, 0.15) is 17.2 Å². The Bertz CT molecular complexity index is 585. The maximum Gasteiger partial charge on any atom is 0.143 e. The van der Waals surface area contributed by atoms with Gasteiger partial charge in [-0.1, -0.05) is 22.0 Å². The van der Waals surface area contributed by atoms with E-state index in [2.05, 4.69) is 26.2 Å². The number of phenols is 1. The number of ether oxygens (including phenoxy) is 1. The molecule has 0 aliphatic carbocycles. The fourth-order valence-electron chi connectivity index (χ4n) is 1.36. The van der Waals surface area contributed by atoms with Gasteiger partial charge in [-0.3, -0.25) is 0 Å². The van der Waals surface area contributed by atoms with Crippen molar-refractivity contribution >= 4 is 27.3 Å². The van der Waals surface area contributed by atoms with Gasteiger partial charge in [0, 0.05) is 10.5 Å². The third-order valence-corrected chi connectivity index (χ3v) is 2.76. The van der Waals surface area contributed by atoms with Crippen LogP contribution in [-0.4, -0.2) is 12.2 Å². The summed E-state index contributed by atoms with van der Waals surface area (Å²) in [6.45, 7) is 0. The average molecular weight is 307 g/mol. The number of methoxy groups -OCH3 is 1. The SMILES string of the molecule is COc1cccc(N=Nc2cc(Br)ccc2O)c1. The summed E-state index contributed by atoms with van der Waals surface area (Å²) in [5.74, 6) is 0.801. The molecule has 4 nitrogen and oxygen atoms in total. The van der Waals surface area contributed by atoms with E-state index < -0.39 is 0 Å². The Hall–Kier alpha value is -1.88. The number of aromatic hydroxyl groups is 1. The number of hydrogen-bond acceptors (Lipinski definition) is 4. The lowest BCUT2D eigenvalue weighted by atomic mass is 10.3. The Morgan fingerprint density at radius 3 is 2.72 bits per heavy atom. The van der Waals surface area contributed by atoms with Gasteiger partial charge in [-0.15, -0.1) is 5.11 Å². The highest BCUT2D eigenvalue weighted by molar-refractivity contribution is 9.10. The smallest absolute Gasteiger partial charge is 0.143 e. The summed E-state index contributed by atoms with van der Waals surface area (Å²) in [6, 6.07) is 12.2. The topological polar surface area (TPSA) is 54.2 Å². The first kappa shape index (κ1) is 12.6.